The summed E-state index contributed by atoms with van der Waals surface area (Å²) in [4.78, 5) is 10.8. The zero-order valence-electron chi connectivity index (χ0n) is 18.2. The molecule has 1 aliphatic heterocycles. The molecule has 1 aliphatic rings. The number of nitrogens with zero attached hydrogens (tertiary/aromatic N) is 3. The third-order valence-electron chi connectivity index (χ3n) is 5.26. The minimum atomic E-state index is 0. The fourth-order valence-electron chi connectivity index (χ4n) is 3.52. The lowest BCUT2D eigenvalue weighted by atomic mass is 10.0. The fourth-order valence-corrected chi connectivity index (χ4v) is 3.64. The van der Waals surface area contributed by atoms with Crippen molar-refractivity contribution in [3.05, 3.63) is 47.2 Å². The number of hydrogen-bond donors (Lipinski definition) is 2. The second kappa shape index (κ2) is 12.8. The van der Waals surface area contributed by atoms with Crippen LogP contribution >= 0.6 is 35.6 Å². The second-order valence-electron chi connectivity index (χ2n) is 7.21. The minimum Gasteiger partial charge on any atom is -0.497 e. The number of benzene rings is 1. The molecule has 0 atom stereocenters. The van der Waals surface area contributed by atoms with Crippen molar-refractivity contribution in [1.82, 2.24) is 15.6 Å². The Kier molecular flexibility index (Phi) is 10.5. The number of halogens is 2. The normalized spacial score (nSPS) is 14.6. The van der Waals surface area contributed by atoms with Crippen LogP contribution in [0.1, 0.15) is 18.4 Å². The Morgan fingerprint density at radius 3 is 2.39 bits per heavy atom. The number of pyridine rings is 1. The highest BCUT2D eigenvalue weighted by atomic mass is 127. The Hall–Kier alpha value is -1.94. The number of hydrogen-bond acceptors (Lipinski definition) is 5. The molecule has 2 N–H and O–H groups in total. The largest absolute Gasteiger partial charge is 0.497 e. The van der Waals surface area contributed by atoms with Gasteiger partial charge in [-0.15, -0.1) is 24.0 Å². The average molecular weight is 560 g/mol. The van der Waals surface area contributed by atoms with Gasteiger partial charge in [0.2, 0.25) is 0 Å². The van der Waals surface area contributed by atoms with Crippen LogP contribution in [0.5, 0.6) is 11.5 Å². The number of nitrogens with one attached hydrogen (secondary N) is 2. The van der Waals surface area contributed by atoms with Crippen molar-refractivity contribution in [2.24, 2.45) is 4.99 Å². The molecule has 1 fully saturated rings. The number of guanidine groups is 1. The van der Waals surface area contributed by atoms with Crippen molar-refractivity contribution in [3.63, 3.8) is 0 Å². The zero-order valence-corrected chi connectivity index (χ0v) is 21.3. The first kappa shape index (κ1) is 25.3. The molecule has 2 aromatic rings. The summed E-state index contributed by atoms with van der Waals surface area (Å²) in [5.41, 5.74) is 2.27. The number of rotatable bonds is 7. The van der Waals surface area contributed by atoms with E-state index in [1.54, 1.807) is 21.3 Å². The molecular weight excluding hydrogens is 529 g/mol. The topological polar surface area (TPSA) is 71.0 Å². The molecule has 1 saturated heterocycles. The van der Waals surface area contributed by atoms with Gasteiger partial charge in [-0.05, 0) is 30.9 Å². The van der Waals surface area contributed by atoms with Crippen molar-refractivity contribution < 1.29 is 9.47 Å². The first-order chi connectivity index (χ1) is 14.6. The minimum absolute atomic E-state index is 0. The average Bonchev–Trinajstić information content (AvgIpc) is 2.79. The van der Waals surface area contributed by atoms with Gasteiger partial charge in [-0.25, -0.2) is 4.98 Å². The van der Waals surface area contributed by atoms with E-state index >= 15 is 0 Å². The molecule has 1 aromatic carbocycles. The van der Waals surface area contributed by atoms with Gasteiger partial charge >= 0.3 is 0 Å². The number of anilines is 1. The summed E-state index contributed by atoms with van der Waals surface area (Å²) < 4.78 is 10.8. The molecule has 170 valence electrons. The van der Waals surface area contributed by atoms with Crippen molar-refractivity contribution >= 4 is 47.2 Å². The van der Waals surface area contributed by atoms with Crippen LogP contribution in [0.3, 0.4) is 0 Å². The van der Waals surface area contributed by atoms with Gasteiger partial charge in [0.25, 0.3) is 0 Å². The van der Waals surface area contributed by atoms with E-state index < -0.39 is 0 Å². The highest BCUT2D eigenvalue weighted by molar-refractivity contribution is 14.0. The predicted molar refractivity (Wildman–Crippen MR) is 138 cm³/mol. The molecule has 2 heterocycles. The highest BCUT2D eigenvalue weighted by Gasteiger charge is 2.21. The van der Waals surface area contributed by atoms with E-state index in [1.807, 2.05) is 24.4 Å². The Bertz CT molecular complexity index is 820. The third kappa shape index (κ3) is 7.60. The lowest BCUT2D eigenvalue weighted by Crippen LogP contribution is -2.49. The number of methoxy groups -OCH3 is 2. The summed E-state index contributed by atoms with van der Waals surface area (Å²) in [5.74, 6) is 2.45. The van der Waals surface area contributed by atoms with E-state index in [1.165, 1.54) is 0 Å². The Morgan fingerprint density at radius 2 is 1.84 bits per heavy atom. The number of piperidine rings is 1. The fraction of sp³-hybridized carbons (Fsp3) is 0.455. The van der Waals surface area contributed by atoms with Crippen LogP contribution in [0.25, 0.3) is 0 Å². The van der Waals surface area contributed by atoms with E-state index in [4.69, 9.17) is 21.1 Å². The second-order valence-corrected chi connectivity index (χ2v) is 7.60. The molecule has 0 aliphatic carbocycles. The monoisotopic (exact) mass is 559 g/mol. The molecule has 31 heavy (non-hydrogen) atoms. The lowest BCUT2D eigenvalue weighted by molar-refractivity contribution is 0.393. The van der Waals surface area contributed by atoms with E-state index in [-0.39, 0.29) is 24.0 Å². The van der Waals surface area contributed by atoms with Gasteiger partial charge in [0.15, 0.2) is 5.96 Å². The summed E-state index contributed by atoms with van der Waals surface area (Å²) in [6.45, 7) is 2.70. The van der Waals surface area contributed by atoms with Crippen LogP contribution in [0.15, 0.2) is 41.5 Å². The van der Waals surface area contributed by atoms with E-state index in [0.29, 0.717) is 11.2 Å². The quantitative estimate of drug-likeness (QED) is 0.233. The maximum Gasteiger partial charge on any atom is 0.191 e. The first-order valence-corrected chi connectivity index (χ1v) is 10.5. The summed E-state index contributed by atoms with van der Waals surface area (Å²) in [5, 5.41) is 7.45. The van der Waals surface area contributed by atoms with Crippen LogP contribution in [0.2, 0.25) is 5.15 Å². The van der Waals surface area contributed by atoms with E-state index in [2.05, 4.69) is 37.6 Å². The molecule has 0 spiro atoms. The molecule has 0 bridgehead atoms. The lowest BCUT2D eigenvalue weighted by Gasteiger charge is -2.34. The Balaban J connectivity index is 0.00000341. The Morgan fingerprint density at radius 1 is 1.16 bits per heavy atom. The standard InChI is InChI=1S/C22H30ClN5O2.HI/c1-24-22(25-9-6-16-4-5-21(23)26-15-16)27-17-7-10-28(11-8-17)18-12-19(29-2)14-20(13-18)30-3;/h4-5,12-15,17H,6-11H2,1-3H3,(H2,24,25,27);1H. The summed E-state index contributed by atoms with van der Waals surface area (Å²) in [6.07, 6.45) is 4.73. The van der Waals surface area contributed by atoms with Crippen LogP contribution < -0.4 is 25.0 Å². The van der Waals surface area contributed by atoms with Crippen molar-refractivity contribution in [2.45, 2.75) is 25.3 Å². The van der Waals surface area contributed by atoms with Gasteiger partial charge in [-0.3, -0.25) is 4.99 Å². The van der Waals surface area contributed by atoms with Crippen LogP contribution in [0, 0.1) is 0 Å². The molecule has 1 aromatic heterocycles. The van der Waals surface area contributed by atoms with Crippen molar-refractivity contribution in [3.8, 4) is 11.5 Å². The van der Waals surface area contributed by atoms with Crippen molar-refractivity contribution in [2.75, 3.05) is 45.8 Å². The number of aromatic nitrogens is 1. The van der Waals surface area contributed by atoms with Crippen LogP contribution in [-0.2, 0) is 6.42 Å². The maximum absolute atomic E-state index is 5.83. The van der Waals surface area contributed by atoms with Gasteiger partial charge in [-0.2, -0.15) is 0 Å². The van der Waals surface area contributed by atoms with E-state index in [0.717, 1.165) is 67.6 Å². The van der Waals surface area contributed by atoms with Gasteiger partial charge in [0.1, 0.15) is 16.7 Å². The number of aliphatic imine (C=N–C) groups is 1. The summed E-state index contributed by atoms with van der Waals surface area (Å²) in [7, 11) is 5.16. The predicted octanol–water partition coefficient (Wildman–Crippen LogP) is 3.75. The Labute approximate surface area is 206 Å². The van der Waals surface area contributed by atoms with Gasteiger partial charge in [-0.1, -0.05) is 17.7 Å². The first-order valence-electron chi connectivity index (χ1n) is 10.2. The smallest absolute Gasteiger partial charge is 0.191 e. The molecule has 0 unspecified atom stereocenters. The molecule has 3 rings (SSSR count). The number of ether oxygens (including phenoxy) is 2. The van der Waals surface area contributed by atoms with E-state index in [9.17, 15) is 0 Å². The van der Waals surface area contributed by atoms with Crippen LogP contribution in [0.4, 0.5) is 5.69 Å². The molecule has 9 heteroatoms. The zero-order chi connectivity index (χ0) is 21.3. The van der Waals surface area contributed by atoms with Gasteiger partial charge < -0.3 is 25.0 Å². The summed E-state index contributed by atoms with van der Waals surface area (Å²) >= 11 is 5.83. The van der Waals surface area contributed by atoms with Crippen molar-refractivity contribution in [1.29, 1.82) is 0 Å². The molecule has 0 saturated carbocycles. The molecule has 7 nitrogen and oxygen atoms in total. The third-order valence-corrected chi connectivity index (χ3v) is 5.48. The van der Waals surface area contributed by atoms with Gasteiger partial charge in [0.05, 0.1) is 14.2 Å². The van der Waals surface area contributed by atoms with Crippen LogP contribution in [-0.4, -0.2) is 57.9 Å². The SMILES string of the molecule is CN=C(NCCc1ccc(Cl)nc1)NC1CCN(c2cc(OC)cc(OC)c2)CC1.I. The molecule has 0 amide bonds. The highest BCUT2D eigenvalue weighted by Crippen LogP contribution is 2.30. The maximum atomic E-state index is 5.83. The molecule has 0 radical (unpaired) electrons. The summed E-state index contributed by atoms with van der Waals surface area (Å²) in [6, 6.07) is 10.2. The molecular formula is C22H31ClIN5O2. The van der Waals surface area contributed by atoms with Gasteiger partial charge in [0, 0.05) is 62.8 Å².